The molecule has 20 heavy (non-hydrogen) atoms. The van der Waals surface area contributed by atoms with E-state index in [1.807, 2.05) is 13.0 Å². The number of piperidine rings is 1. The molecule has 2 aliphatic rings. The van der Waals surface area contributed by atoms with Crippen molar-refractivity contribution in [3.63, 3.8) is 0 Å². The molecule has 2 fully saturated rings. The van der Waals surface area contributed by atoms with Gasteiger partial charge in [-0.15, -0.1) is 0 Å². The minimum Gasteiger partial charge on any atom is -0.310 e. The van der Waals surface area contributed by atoms with Gasteiger partial charge in [-0.2, -0.15) is 0 Å². The van der Waals surface area contributed by atoms with Crippen LogP contribution >= 0.6 is 0 Å². The minimum absolute atomic E-state index is 0.160. The van der Waals surface area contributed by atoms with Gasteiger partial charge in [0.05, 0.1) is 0 Å². The molecule has 2 nitrogen and oxygen atoms in total. The van der Waals surface area contributed by atoms with Crippen molar-refractivity contribution in [2.75, 3.05) is 0 Å². The van der Waals surface area contributed by atoms with E-state index in [2.05, 4.69) is 36.2 Å². The highest BCUT2D eigenvalue weighted by Crippen LogP contribution is 2.42. The Morgan fingerprint density at radius 1 is 1.35 bits per heavy atom. The first-order chi connectivity index (χ1) is 9.72. The Morgan fingerprint density at radius 2 is 2.10 bits per heavy atom. The molecule has 0 aromatic heterocycles. The zero-order chi connectivity index (χ0) is 14.1. The van der Waals surface area contributed by atoms with Crippen molar-refractivity contribution in [1.29, 1.82) is 0 Å². The van der Waals surface area contributed by atoms with E-state index in [0.717, 1.165) is 18.4 Å². The molecular weight excluding hydrogens is 246 g/mol. The Kier molecular flexibility index (Phi) is 3.75. The largest absolute Gasteiger partial charge is 0.310 e. The lowest BCUT2D eigenvalue weighted by molar-refractivity contribution is -0.124. The molecular formula is C18H23NO. The summed E-state index contributed by atoms with van der Waals surface area (Å²) < 4.78 is 0. The first kappa shape index (κ1) is 13.6. The van der Waals surface area contributed by atoms with Crippen LogP contribution in [0.3, 0.4) is 0 Å². The highest BCUT2D eigenvalue weighted by Gasteiger charge is 2.44. The number of nitrogens with one attached hydrogen (secondary N) is 1. The Balaban J connectivity index is 1.91. The van der Waals surface area contributed by atoms with E-state index >= 15 is 0 Å². The maximum Gasteiger partial charge on any atom is 0.137 e. The molecule has 0 amide bonds. The second-order valence-corrected chi connectivity index (χ2v) is 6.11. The number of fused-ring (bicyclic) bond motifs is 2. The van der Waals surface area contributed by atoms with Crippen LogP contribution in [-0.4, -0.2) is 17.9 Å². The molecule has 2 heteroatoms. The van der Waals surface area contributed by atoms with E-state index < -0.39 is 0 Å². The molecule has 0 aliphatic carbocycles. The number of carbonyl (C=O) groups excluding carboxylic acids is 1. The number of benzene rings is 1. The molecule has 0 saturated carbocycles. The normalized spacial score (nSPS) is 32.0. The van der Waals surface area contributed by atoms with E-state index in [0.29, 0.717) is 30.2 Å². The summed E-state index contributed by atoms with van der Waals surface area (Å²) in [6.07, 6.45) is 5.99. The van der Waals surface area contributed by atoms with Gasteiger partial charge < -0.3 is 5.32 Å². The van der Waals surface area contributed by atoms with Gasteiger partial charge in [0.25, 0.3) is 0 Å². The van der Waals surface area contributed by atoms with Crippen molar-refractivity contribution in [3.8, 4) is 0 Å². The maximum absolute atomic E-state index is 12.4. The first-order valence-electron chi connectivity index (χ1n) is 7.74. The van der Waals surface area contributed by atoms with Gasteiger partial charge in [-0.05, 0) is 36.3 Å². The molecule has 3 rings (SSSR count). The van der Waals surface area contributed by atoms with E-state index in [9.17, 15) is 4.79 Å². The molecule has 2 aliphatic heterocycles. The summed E-state index contributed by atoms with van der Waals surface area (Å²) in [6, 6.07) is 9.58. The van der Waals surface area contributed by atoms with Gasteiger partial charge in [0.1, 0.15) is 5.78 Å². The van der Waals surface area contributed by atoms with Crippen LogP contribution in [0.5, 0.6) is 0 Å². The molecule has 0 spiro atoms. The lowest BCUT2D eigenvalue weighted by atomic mass is 9.74. The van der Waals surface area contributed by atoms with E-state index in [1.54, 1.807) is 0 Å². The summed E-state index contributed by atoms with van der Waals surface area (Å²) in [4.78, 5) is 12.4. The quantitative estimate of drug-likeness (QED) is 0.906. The van der Waals surface area contributed by atoms with Crippen LogP contribution in [0, 0.1) is 5.92 Å². The fourth-order valence-corrected chi connectivity index (χ4v) is 3.96. The second kappa shape index (κ2) is 5.53. The average Bonchev–Trinajstić information content (AvgIpc) is 2.88. The number of rotatable bonds is 4. The Labute approximate surface area is 121 Å². The third kappa shape index (κ3) is 2.33. The molecule has 1 N–H and O–H groups in total. The van der Waals surface area contributed by atoms with E-state index in [1.165, 1.54) is 12.0 Å². The molecule has 1 aromatic carbocycles. The zero-order valence-electron chi connectivity index (χ0n) is 12.1. The summed E-state index contributed by atoms with van der Waals surface area (Å²) in [6.45, 7) is 5.79. The van der Waals surface area contributed by atoms with E-state index in [4.69, 9.17) is 0 Å². The van der Waals surface area contributed by atoms with Gasteiger partial charge >= 0.3 is 0 Å². The maximum atomic E-state index is 12.4. The number of hydrogen-bond acceptors (Lipinski definition) is 2. The summed E-state index contributed by atoms with van der Waals surface area (Å²) in [5.74, 6) is 0.967. The van der Waals surface area contributed by atoms with Crippen molar-refractivity contribution in [3.05, 3.63) is 42.0 Å². The van der Waals surface area contributed by atoms with Gasteiger partial charge in [0, 0.05) is 24.4 Å². The van der Waals surface area contributed by atoms with Crippen LogP contribution < -0.4 is 5.32 Å². The SMILES string of the molecule is C=Cc1ccc([C@H]2CC3CCC(N3)[C@H]2C(=O)CC)cc1. The third-order valence-electron chi connectivity index (χ3n) is 5.00. The average molecular weight is 269 g/mol. The van der Waals surface area contributed by atoms with Gasteiger partial charge in [-0.25, -0.2) is 0 Å². The van der Waals surface area contributed by atoms with Crippen LogP contribution in [0.4, 0.5) is 0 Å². The van der Waals surface area contributed by atoms with Crippen molar-refractivity contribution < 1.29 is 4.79 Å². The first-order valence-corrected chi connectivity index (χ1v) is 7.74. The van der Waals surface area contributed by atoms with Crippen LogP contribution in [-0.2, 0) is 4.79 Å². The molecule has 1 aromatic rings. The van der Waals surface area contributed by atoms with Crippen molar-refractivity contribution in [2.24, 2.45) is 5.92 Å². The molecule has 2 saturated heterocycles. The Bertz CT molecular complexity index is 505. The number of carbonyl (C=O) groups is 1. The molecule has 4 atom stereocenters. The summed E-state index contributed by atoms with van der Waals surface area (Å²) in [5.41, 5.74) is 2.46. The van der Waals surface area contributed by atoms with Crippen molar-refractivity contribution in [1.82, 2.24) is 5.32 Å². The monoisotopic (exact) mass is 269 g/mol. The predicted octanol–water partition coefficient (Wildman–Crippen LogP) is 3.53. The van der Waals surface area contributed by atoms with Gasteiger partial charge in [-0.3, -0.25) is 4.79 Å². The van der Waals surface area contributed by atoms with Crippen LogP contribution in [0.25, 0.3) is 6.08 Å². The Morgan fingerprint density at radius 3 is 2.75 bits per heavy atom. The Hall–Kier alpha value is -1.41. The summed E-state index contributed by atoms with van der Waals surface area (Å²) in [5, 5.41) is 3.64. The fraction of sp³-hybridized carbons (Fsp3) is 0.500. The van der Waals surface area contributed by atoms with Gasteiger partial charge in [-0.1, -0.05) is 43.8 Å². The second-order valence-electron chi connectivity index (χ2n) is 6.11. The van der Waals surface area contributed by atoms with Gasteiger partial charge in [0.15, 0.2) is 0 Å². The lowest BCUT2D eigenvalue weighted by Gasteiger charge is -2.37. The molecule has 2 bridgehead atoms. The van der Waals surface area contributed by atoms with Crippen LogP contribution in [0.1, 0.15) is 49.7 Å². The summed E-state index contributed by atoms with van der Waals surface area (Å²) in [7, 11) is 0. The minimum atomic E-state index is 0.160. The van der Waals surface area contributed by atoms with Gasteiger partial charge in [0.2, 0.25) is 0 Å². The zero-order valence-corrected chi connectivity index (χ0v) is 12.1. The third-order valence-corrected chi connectivity index (χ3v) is 5.00. The molecule has 2 unspecified atom stereocenters. The van der Waals surface area contributed by atoms with Crippen LogP contribution in [0.15, 0.2) is 30.8 Å². The standard InChI is InChI=1S/C18H23NO/c1-3-12-5-7-13(8-6-12)15-11-14-9-10-16(19-14)18(15)17(20)4-2/h3,5-8,14-16,18-19H,1,4,9-11H2,2H3/t14?,15-,16?,18+/m1/s1. The number of Topliss-reactive ketones (excluding diaryl/α,β-unsaturated/α-hetero) is 1. The lowest BCUT2D eigenvalue weighted by Crippen LogP contribution is -2.47. The van der Waals surface area contributed by atoms with Crippen molar-refractivity contribution >= 4 is 11.9 Å². The number of hydrogen-bond donors (Lipinski definition) is 1. The van der Waals surface area contributed by atoms with Crippen LogP contribution in [0.2, 0.25) is 0 Å². The highest BCUT2D eigenvalue weighted by molar-refractivity contribution is 5.82. The van der Waals surface area contributed by atoms with E-state index in [-0.39, 0.29) is 5.92 Å². The van der Waals surface area contributed by atoms with Crippen molar-refractivity contribution in [2.45, 2.75) is 50.6 Å². The highest BCUT2D eigenvalue weighted by atomic mass is 16.1. The number of ketones is 1. The molecule has 106 valence electrons. The topological polar surface area (TPSA) is 29.1 Å². The predicted molar refractivity (Wildman–Crippen MR) is 82.6 cm³/mol. The smallest absolute Gasteiger partial charge is 0.137 e. The summed E-state index contributed by atoms with van der Waals surface area (Å²) >= 11 is 0. The molecule has 0 radical (unpaired) electrons. The molecule has 2 heterocycles. The fourth-order valence-electron chi connectivity index (χ4n) is 3.96.